The topological polar surface area (TPSA) is 157 Å². The van der Waals surface area contributed by atoms with Crippen molar-refractivity contribution in [2.75, 3.05) is 43.5 Å². The molecule has 166 valence electrons. The molecule has 0 unspecified atom stereocenters. The second kappa shape index (κ2) is 8.61. The summed E-state index contributed by atoms with van der Waals surface area (Å²) in [6.07, 6.45) is 1.06. The first-order valence-corrected chi connectivity index (χ1v) is 10.9. The molecular formula is C18H24N8O4S. The maximum absolute atomic E-state index is 10.5. The van der Waals surface area contributed by atoms with Gasteiger partial charge in [0.05, 0.1) is 19.5 Å². The SMILES string of the molecule is Nc1ncnc2c1ncn2[C@@H]1O[C@H](CNCc2cnc(N3CCOCC3)s2)[C@@H](O)[C@H]1O. The lowest BCUT2D eigenvalue weighted by Crippen LogP contribution is -2.37. The van der Waals surface area contributed by atoms with Crippen LogP contribution in [0.15, 0.2) is 18.9 Å². The van der Waals surface area contributed by atoms with Gasteiger partial charge in [0.1, 0.15) is 30.2 Å². The highest BCUT2D eigenvalue weighted by Gasteiger charge is 2.44. The second-order valence-corrected chi connectivity index (χ2v) is 8.56. The van der Waals surface area contributed by atoms with Gasteiger partial charge in [-0.15, -0.1) is 11.3 Å². The third kappa shape index (κ3) is 3.95. The van der Waals surface area contributed by atoms with E-state index in [2.05, 4.69) is 30.2 Å². The van der Waals surface area contributed by atoms with E-state index in [1.54, 1.807) is 15.9 Å². The molecule has 0 aliphatic carbocycles. The van der Waals surface area contributed by atoms with E-state index in [1.165, 1.54) is 12.7 Å². The van der Waals surface area contributed by atoms with Crippen LogP contribution in [0, 0.1) is 0 Å². The number of hydrogen-bond acceptors (Lipinski definition) is 12. The molecule has 0 radical (unpaired) electrons. The van der Waals surface area contributed by atoms with Gasteiger partial charge in [0, 0.05) is 37.3 Å². The van der Waals surface area contributed by atoms with Crippen LogP contribution in [0.5, 0.6) is 0 Å². The summed E-state index contributed by atoms with van der Waals surface area (Å²) >= 11 is 1.63. The Kier molecular flexibility index (Phi) is 5.69. The number of aliphatic hydroxyl groups is 2. The van der Waals surface area contributed by atoms with Gasteiger partial charge in [0.15, 0.2) is 22.8 Å². The highest BCUT2D eigenvalue weighted by atomic mass is 32.1. The zero-order chi connectivity index (χ0) is 21.4. The van der Waals surface area contributed by atoms with Crippen molar-refractivity contribution in [1.29, 1.82) is 0 Å². The minimum absolute atomic E-state index is 0.246. The van der Waals surface area contributed by atoms with E-state index in [1.807, 2.05) is 6.20 Å². The normalized spacial score (nSPS) is 26.7. The Morgan fingerprint density at radius 2 is 2.00 bits per heavy atom. The van der Waals surface area contributed by atoms with Crippen LogP contribution in [0.1, 0.15) is 11.1 Å². The first kappa shape index (κ1) is 20.5. The predicted octanol–water partition coefficient (Wildman–Crippen LogP) is -0.889. The monoisotopic (exact) mass is 448 g/mol. The maximum Gasteiger partial charge on any atom is 0.185 e. The van der Waals surface area contributed by atoms with Crippen LogP contribution in [0.25, 0.3) is 11.2 Å². The molecule has 4 atom stereocenters. The molecule has 0 aromatic carbocycles. The Morgan fingerprint density at radius 1 is 1.16 bits per heavy atom. The summed E-state index contributed by atoms with van der Waals surface area (Å²) in [5, 5.41) is 25.3. The van der Waals surface area contributed by atoms with Crippen LogP contribution in [0.2, 0.25) is 0 Å². The summed E-state index contributed by atoms with van der Waals surface area (Å²) in [5.41, 5.74) is 6.69. The van der Waals surface area contributed by atoms with E-state index in [0.29, 0.717) is 24.3 Å². The molecule has 13 heteroatoms. The minimum Gasteiger partial charge on any atom is -0.387 e. The lowest BCUT2D eigenvalue weighted by molar-refractivity contribution is -0.0342. The number of fused-ring (bicyclic) bond motifs is 1. The number of morpholine rings is 1. The molecule has 2 saturated heterocycles. The quantitative estimate of drug-likeness (QED) is 0.371. The zero-order valence-corrected chi connectivity index (χ0v) is 17.5. The van der Waals surface area contributed by atoms with Crippen LogP contribution in [0.4, 0.5) is 10.9 Å². The van der Waals surface area contributed by atoms with Gasteiger partial charge in [-0.1, -0.05) is 0 Å². The maximum atomic E-state index is 10.5. The third-order valence-corrected chi connectivity index (χ3v) is 6.52. The summed E-state index contributed by atoms with van der Waals surface area (Å²) in [6.45, 7) is 4.09. The number of nitrogens with two attached hydrogens (primary N) is 1. The van der Waals surface area contributed by atoms with Crippen molar-refractivity contribution in [2.24, 2.45) is 0 Å². The average Bonchev–Trinajstić information content (AvgIpc) is 3.50. The number of rotatable bonds is 6. The largest absolute Gasteiger partial charge is 0.387 e. The summed E-state index contributed by atoms with van der Waals surface area (Å²) in [7, 11) is 0. The Hall–Kier alpha value is -2.42. The number of ether oxygens (including phenoxy) is 2. The van der Waals surface area contributed by atoms with Gasteiger partial charge >= 0.3 is 0 Å². The van der Waals surface area contributed by atoms with Crippen LogP contribution in [0.3, 0.4) is 0 Å². The van der Waals surface area contributed by atoms with Gasteiger partial charge in [-0.3, -0.25) is 4.57 Å². The van der Waals surface area contributed by atoms with E-state index in [9.17, 15) is 10.2 Å². The number of nitrogens with zero attached hydrogens (tertiary/aromatic N) is 6. The van der Waals surface area contributed by atoms with Crippen LogP contribution < -0.4 is 16.0 Å². The molecule has 0 amide bonds. The Labute approximate surface area is 181 Å². The molecular weight excluding hydrogens is 424 g/mol. The fourth-order valence-corrected chi connectivity index (χ4v) is 4.73. The highest BCUT2D eigenvalue weighted by Crippen LogP contribution is 2.32. The van der Waals surface area contributed by atoms with Crippen LogP contribution in [-0.2, 0) is 16.0 Å². The molecule has 5 heterocycles. The number of aromatic nitrogens is 5. The summed E-state index contributed by atoms with van der Waals surface area (Å²) in [4.78, 5) is 20.1. The van der Waals surface area contributed by atoms with E-state index < -0.39 is 24.5 Å². The van der Waals surface area contributed by atoms with Crippen molar-refractivity contribution in [1.82, 2.24) is 29.8 Å². The van der Waals surface area contributed by atoms with Crippen molar-refractivity contribution < 1.29 is 19.7 Å². The van der Waals surface area contributed by atoms with Gasteiger partial charge in [-0.2, -0.15) is 0 Å². The van der Waals surface area contributed by atoms with Crippen molar-refractivity contribution in [3.8, 4) is 0 Å². The Balaban J connectivity index is 1.20. The highest BCUT2D eigenvalue weighted by molar-refractivity contribution is 7.15. The fourth-order valence-electron chi connectivity index (χ4n) is 3.80. The van der Waals surface area contributed by atoms with E-state index in [-0.39, 0.29) is 5.82 Å². The lowest BCUT2D eigenvalue weighted by Gasteiger charge is -2.25. The van der Waals surface area contributed by atoms with Crippen molar-refractivity contribution in [3.63, 3.8) is 0 Å². The number of anilines is 2. The minimum atomic E-state index is -1.13. The molecule has 0 spiro atoms. The number of nitrogen functional groups attached to an aromatic ring is 1. The smallest absolute Gasteiger partial charge is 0.185 e. The van der Waals surface area contributed by atoms with Gasteiger partial charge in [0.25, 0.3) is 0 Å². The Bertz CT molecular complexity index is 1040. The molecule has 5 rings (SSSR count). The molecule has 0 saturated carbocycles. The summed E-state index contributed by atoms with van der Waals surface area (Å²) in [6, 6.07) is 0. The second-order valence-electron chi connectivity index (χ2n) is 7.47. The van der Waals surface area contributed by atoms with Crippen LogP contribution in [-0.4, -0.2) is 85.9 Å². The molecule has 2 fully saturated rings. The van der Waals surface area contributed by atoms with Gasteiger partial charge < -0.3 is 35.6 Å². The average molecular weight is 449 g/mol. The molecule has 2 aliphatic rings. The number of thiazole rings is 1. The first-order valence-electron chi connectivity index (χ1n) is 10.0. The number of aliphatic hydroxyl groups excluding tert-OH is 2. The van der Waals surface area contributed by atoms with Crippen molar-refractivity contribution in [2.45, 2.75) is 31.1 Å². The van der Waals surface area contributed by atoms with Gasteiger partial charge in [-0.05, 0) is 0 Å². The number of hydrogen-bond donors (Lipinski definition) is 4. The Morgan fingerprint density at radius 3 is 2.84 bits per heavy atom. The van der Waals surface area contributed by atoms with Crippen molar-refractivity contribution >= 4 is 33.5 Å². The molecule has 0 bridgehead atoms. The fraction of sp³-hybridized carbons (Fsp3) is 0.556. The standard InChI is InChI=1S/C18H24N8O4S/c19-15-12-16(23-8-22-15)26(9-24-12)17-14(28)13(27)11(30-17)7-20-5-10-6-21-18(31-10)25-1-3-29-4-2-25/h6,8-9,11,13-14,17,20,27-28H,1-5,7H2,(H2,19,22,23)/t11-,13-,14-,17-/m1/s1. The van der Waals surface area contributed by atoms with Gasteiger partial charge in [-0.25, -0.2) is 19.9 Å². The number of nitrogens with one attached hydrogen (secondary N) is 1. The molecule has 2 aliphatic heterocycles. The molecule has 3 aromatic rings. The van der Waals surface area contributed by atoms with Gasteiger partial charge in [0.2, 0.25) is 0 Å². The zero-order valence-electron chi connectivity index (χ0n) is 16.7. The number of imidazole rings is 1. The molecule has 5 N–H and O–H groups in total. The molecule has 12 nitrogen and oxygen atoms in total. The van der Waals surface area contributed by atoms with Crippen molar-refractivity contribution in [3.05, 3.63) is 23.7 Å². The third-order valence-electron chi connectivity index (χ3n) is 5.47. The van der Waals surface area contributed by atoms with E-state index in [4.69, 9.17) is 15.2 Å². The first-order chi connectivity index (χ1) is 15.1. The summed E-state index contributed by atoms with van der Waals surface area (Å²) < 4.78 is 12.9. The molecule has 3 aromatic heterocycles. The van der Waals surface area contributed by atoms with E-state index >= 15 is 0 Å². The lowest BCUT2D eigenvalue weighted by atomic mass is 10.1. The predicted molar refractivity (Wildman–Crippen MR) is 113 cm³/mol. The van der Waals surface area contributed by atoms with Crippen LogP contribution >= 0.6 is 11.3 Å². The van der Waals surface area contributed by atoms with E-state index in [0.717, 1.165) is 36.3 Å². The molecule has 31 heavy (non-hydrogen) atoms. The summed E-state index contributed by atoms with van der Waals surface area (Å²) in [5.74, 6) is 0.246.